The van der Waals surface area contributed by atoms with Crippen LogP contribution in [-0.2, 0) is 4.74 Å². The number of nitrogens with zero attached hydrogens (tertiary/aromatic N) is 1. The second-order valence-electron chi connectivity index (χ2n) is 4.81. The molecule has 0 aromatic heterocycles. The van der Waals surface area contributed by atoms with Gasteiger partial charge in [-0.2, -0.15) is 0 Å². The van der Waals surface area contributed by atoms with Gasteiger partial charge in [-0.15, -0.1) is 0 Å². The van der Waals surface area contributed by atoms with Crippen LogP contribution in [0.2, 0.25) is 0 Å². The Hall–Kier alpha value is -1.11. The normalized spacial score (nSPS) is 22.7. The van der Waals surface area contributed by atoms with Crippen LogP contribution in [0.1, 0.15) is 17.3 Å². The summed E-state index contributed by atoms with van der Waals surface area (Å²) in [6.07, 6.45) is -0.421. The van der Waals surface area contributed by atoms with E-state index in [1.165, 1.54) is 7.11 Å². The molecule has 0 bridgehead atoms. The molecule has 0 saturated carbocycles. The van der Waals surface area contributed by atoms with Crippen molar-refractivity contribution in [2.24, 2.45) is 0 Å². The van der Waals surface area contributed by atoms with E-state index >= 15 is 0 Å². The number of benzene rings is 1. The number of morpholine rings is 1. The SMILES string of the molecule is COc1cc(Br)ccc1C(=O)N1CC(C)OC(CO)C1. The van der Waals surface area contributed by atoms with E-state index in [9.17, 15) is 9.90 Å². The van der Waals surface area contributed by atoms with E-state index in [2.05, 4.69) is 15.9 Å². The summed E-state index contributed by atoms with van der Waals surface area (Å²) in [6, 6.07) is 5.31. The van der Waals surface area contributed by atoms with Gasteiger partial charge in [0.05, 0.1) is 31.5 Å². The van der Waals surface area contributed by atoms with Crippen molar-refractivity contribution in [1.29, 1.82) is 0 Å². The third-order valence-electron chi connectivity index (χ3n) is 3.21. The highest BCUT2D eigenvalue weighted by Crippen LogP contribution is 2.25. The van der Waals surface area contributed by atoms with Gasteiger partial charge in [-0.05, 0) is 25.1 Å². The Morgan fingerprint density at radius 3 is 2.95 bits per heavy atom. The molecule has 1 fully saturated rings. The fourth-order valence-electron chi connectivity index (χ4n) is 2.32. The summed E-state index contributed by atoms with van der Waals surface area (Å²) in [5.41, 5.74) is 0.515. The van der Waals surface area contributed by atoms with E-state index in [0.717, 1.165) is 4.47 Å². The molecule has 5 nitrogen and oxygen atoms in total. The first kappa shape index (κ1) is 15.3. The van der Waals surface area contributed by atoms with E-state index in [-0.39, 0.29) is 24.7 Å². The predicted octanol–water partition coefficient (Wildman–Crippen LogP) is 1.68. The smallest absolute Gasteiger partial charge is 0.257 e. The average molecular weight is 344 g/mol. The number of hydrogen-bond donors (Lipinski definition) is 1. The lowest BCUT2D eigenvalue weighted by Crippen LogP contribution is -2.50. The van der Waals surface area contributed by atoms with E-state index < -0.39 is 0 Å². The van der Waals surface area contributed by atoms with Gasteiger partial charge in [-0.3, -0.25) is 4.79 Å². The number of carbonyl (C=O) groups is 1. The number of aliphatic hydroxyl groups excluding tert-OH is 1. The van der Waals surface area contributed by atoms with Crippen molar-refractivity contribution >= 4 is 21.8 Å². The summed E-state index contributed by atoms with van der Waals surface area (Å²) in [6.45, 7) is 2.69. The van der Waals surface area contributed by atoms with Crippen LogP contribution in [0.15, 0.2) is 22.7 Å². The number of aliphatic hydroxyl groups is 1. The molecule has 20 heavy (non-hydrogen) atoms. The topological polar surface area (TPSA) is 59.0 Å². The van der Waals surface area contributed by atoms with Gasteiger partial charge in [0.25, 0.3) is 5.91 Å². The molecule has 2 atom stereocenters. The molecule has 2 unspecified atom stereocenters. The molecular weight excluding hydrogens is 326 g/mol. The maximum atomic E-state index is 12.6. The standard InChI is InChI=1S/C14H18BrNO4/c1-9-6-16(7-11(8-17)20-9)14(18)12-4-3-10(15)5-13(12)19-2/h3-5,9,11,17H,6-8H2,1-2H3. The lowest BCUT2D eigenvalue weighted by molar-refractivity contribution is -0.0859. The molecule has 1 aliphatic rings. The number of ether oxygens (including phenoxy) is 2. The zero-order chi connectivity index (χ0) is 14.7. The number of carbonyl (C=O) groups excluding carboxylic acids is 1. The van der Waals surface area contributed by atoms with Crippen molar-refractivity contribution < 1.29 is 19.4 Å². The van der Waals surface area contributed by atoms with Crippen LogP contribution in [0.3, 0.4) is 0 Å². The van der Waals surface area contributed by atoms with Crippen molar-refractivity contribution in [3.63, 3.8) is 0 Å². The monoisotopic (exact) mass is 343 g/mol. The van der Waals surface area contributed by atoms with Crippen LogP contribution in [-0.4, -0.2) is 54.9 Å². The highest BCUT2D eigenvalue weighted by molar-refractivity contribution is 9.10. The van der Waals surface area contributed by atoms with Gasteiger partial charge in [0, 0.05) is 17.6 Å². The summed E-state index contributed by atoms with van der Waals surface area (Å²) in [5, 5.41) is 9.22. The van der Waals surface area contributed by atoms with Crippen molar-refractivity contribution in [2.45, 2.75) is 19.1 Å². The van der Waals surface area contributed by atoms with Gasteiger partial charge in [0.1, 0.15) is 5.75 Å². The van der Waals surface area contributed by atoms with Crippen LogP contribution < -0.4 is 4.74 Å². The number of halogens is 1. The molecule has 0 spiro atoms. The molecule has 1 N–H and O–H groups in total. The molecule has 0 radical (unpaired) electrons. The van der Waals surface area contributed by atoms with Crippen LogP contribution in [0.4, 0.5) is 0 Å². The lowest BCUT2D eigenvalue weighted by atomic mass is 10.1. The number of hydrogen-bond acceptors (Lipinski definition) is 4. The van der Waals surface area contributed by atoms with Crippen LogP contribution >= 0.6 is 15.9 Å². The van der Waals surface area contributed by atoms with Gasteiger partial charge in [0.15, 0.2) is 0 Å². The van der Waals surface area contributed by atoms with Crippen molar-refractivity contribution in [3.05, 3.63) is 28.2 Å². The first-order chi connectivity index (χ1) is 9.55. The first-order valence-corrected chi connectivity index (χ1v) is 7.23. The van der Waals surface area contributed by atoms with Crippen LogP contribution in [0, 0.1) is 0 Å². The van der Waals surface area contributed by atoms with Gasteiger partial charge in [-0.25, -0.2) is 0 Å². The molecule has 1 aliphatic heterocycles. The van der Waals surface area contributed by atoms with E-state index in [1.54, 1.807) is 17.0 Å². The van der Waals surface area contributed by atoms with E-state index in [0.29, 0.717) is 24.4 Å². The van der Waals surface area contributed by atoms with Crippen molar-refractivity contribution in [2.75, 3.05) is 26.8 Å². The first-order valence-electron chi connectivity index (χ1n) is 6.44. The minimum atomic E-state index is -0.329. The van der Waals surface area contributed by atoms with E-state index in [4.69, 9.17) is 9.47 Å². The van der Waals surface area contributed by atoms with Crippen molar-refractivity contribution in [3.8, 4) is 5.75 Å². The molecule has 1 saturated heterocycles. The lowest BCUT2D eigenvalue weighted by Gasteiger charge is -2.36. The van der Waals surface area contributed by atoms with Crippen molar-refractivity contribution in [1.82, 2.24) is 4.90 Å². The summed E-state index contributed by atoms with van der Waals surface area (Å²) in [5.74, 6) is 0.423. The summed E-state index contributed by atoms with van der Waals surface area (Å²) in [4.78, 5) is 14.3. The Morgan fingerprint density at radius 1 is 1.55 bits per heavy atom. The summed E-state index contributed by atoms with van der Waals surface area (Å²) in [7, 11) is 1.54. The quantitative estimate of drug-likeness (QED) is 0.907. The second kappa shape index (κ2) is 6.56. The fourth-order valence-corrected chi connectivity index (χ4v) is 2.66. The van der Waals surface area contributed by atoms with Gasteiger partial charge in [-0.1, -0.05) is 15.9 Å². The second-order valence-corrected chi connectivity index (χ2v) is 5.72. The third-order valence-corrected chi connectivity index (χ3v) is 3.70. The molecule has 6 heteroatoms. The van der Waals surface area contributed by atoms with Gasteiger partial charge >= 0.3 is 0 Å². The summed E-state index contributed by atoms with van der Waals surface area (Å²) >= 11 is 3.35. The molecule has 1 aromatic carbocycles. The molecule has 1 heterocycles. The van der Waals surface area contributed by atoms with Gasteiger partial charge in [0.2, 0.25) is 0 Å². The summed E-state index contributed by atoms with van der Waals surface area (Å²) < 4.78 is 11.7. The Bertz CT molecular complexity index is 494. The zero-order valence-electron chi connectivity index (χ0n) is 11.5. The maximum Gasteiger partial charge on any atom is 0.257 e. The maximum absolute atomic E-state index is 12.6. The fraction of sp³-hybridized carbons (Fsp3) is 0.500. The highest BCUT2D eigenvalue weighted by atomic mass is 79.9. The molecule has 1 aromatic rings. The minimum Gasteiger partial charge on any atom is -0.496 e. The largest absolute Gasteiger partial charge is 0.496 e. The zero-order valence-corrected chi connectivity index (χ0v) is 13.1. The highest BCUT2D eigenvalue weighted by Gasteiger charge is 2.29. The third kappa shape index (κ3) is 3.31. The predicted molar refractivity (Wildman–Crippen MR) is 78.0 cm³/mol. The molecule has 110 valence electrons. The Morgan fingerprint density at radius 2 is 2.30 bits per heavy atom. The molecule has 1 amide bonds. The Balaban J connectivity index is 2.22. The number of methoxy groups -OCH3 is 1. The van der Waals surface area contributed by atoms with Crippen LogP contribution in [0.25, 0.3) is 0 Å². The average Bonchev–Trinajstić information content (AvgIpc) is 2.45. The molecule has 2 rings (SSSR count). The Labute approximate surface area is 126 Å². The number of rotatable bonds is 3. The molecule has 0 aliphatic carbocycles. The molecular formula is C14H18BrNO4. The van der Waals surface area contributed by atoms with E-state index in [1.807, 2.05) is 13.0 Å². The minimum absolute atomic E-state index is 0.0914. The Kier molecular flexibility index (Phi) is 5.01. The van der Waals surface area contributed by atoms with Gasteiger partial charge < -0.3 is 19.5 Å². The van der Waals surface area contributed by atoms with Crippen LogP contribution in [0.5, 0.6) is 5.75 Å². The number of amides is 1.